The largest absolute Gasteiger partial charge is 0.376 e. The van der Waals surface area contributed by atoms with Crippen LogP contribution in [0.5, 0.6) is 0 Å². The van der Waals surface area contributed by atoms with Crippen LogP contribution in [0.4, 0.5) is 10.1 Å². The molecule has 0 bridgehead atoms. The van der Waals surface area contributed by atoms with Gasteiger partial charge in [0.05, 0.1) is 11.4 Å². The summed E-state index contributed by atoms with van der Waals surface area (Å²) >= 11 is 0. The molecule has 0 spiro atoms. The van der Waals surface area contributed by atoms with E-state index >= 15 is 0 Å². The summed E-state index contributed by atoms with van der Waals surface area (Å²) in [7, 11) is -3.76. The number of nitrogens with zero attached hydrogens (tertiary/aromatic N) is 2. The first-order valence-electron chi connectivity index (χ1n) is 9.64. The number of anilines is 1. The predicted octanol–water partition coefficient (Wildman–Crippen LogP) is 2.89. The lowest BCUT2D eigenvalue weighted by Gasteiger charge is -2.34. The lowest BCUT2D eigenvalue weighted by atomic mass is 10.0. The number of amides is 1. The summed E-state index contributed by atoms with van der Waals surface area (Å²) < 4.78 is 40.0. The van der Waals surface area contributed by atoms with Gasteiger partial charge in [-0.3, -0.25) is 4.79 Å². The second-order valence-corrected chi connectivity index (χ2v) is 9.31. The van der Waals surface area contributed by atoms with Crippen molar-refractivity contribution in [3.8, 4) is 0 Å². The highest BCUT2D eigenvalue weighted by Crippen LogP contribution is 2.19. The quantitative estimate of drug-likeness (QED) is 0.782. The summed E-state index contributed by atoms with van der Waals surface area (Å²) in [6, 6.07) is 12.9. The maximum atomic E-state index is 13.4. The number of sulfonamides is 1. The van der Waals surface area contributed by atoms with Gasteiger partial charge in [-0.1, -0.05) is 32.0 Å². The van der Waals surface area contributed by atoms with Crippen molar-refractivity contribution in [3.05, 3.63) is 59.9 Å². The van der Waals surface area contributed by atoms with Gasteiger partial charge in [0.25, 0.3) is 0 Å². The van der Waals surface area contributed by atoms with Crippen molar-refractivity contribution in [1.82, 2.24) is 9.21 Å². The minimum Gasteiger partial charge on any atom is -0.376 e. The zero-order valence-electron chi connectivity index (χ0n) is 16.6. The highest BCUT2D eigenvalue weighted by Gasteiger charge is 2.30. The average Bonchev–Trinajstić information content (AvgIpc) is 2.72. The second kappa shape index (κ2) is 8.92. The molecule has 1 saturated heterocycles. The van der Waals surface area contributed by atoms with Crippen molar-refractivity contribution in [1.29, 1.82) is 0 Å². The minimum absolute atomic E-state index is 0.0659. The van der Waals surface area contributed by atoms with Crippen LogP contribution in [0.15, 0.2) is 53.4 Å². The van der Waals surface area contributed by atoms with Gasteiger partial charge < -0.3 is 10.2 Å². The van der Waals surface area contributed by atoms with Crippen molar-refractivity contribution >= 4 is 21.6 Å². The van der Waals surface area contributed by atoms with E-state index in [2.05, 4.69) is 19.2 Å². The van der Waals surface area contributed by atoms with E-state index in [1.54, 1.807) is 4.90 Å². The lowest BCUT2D eigenvalue weighted by Crippen LogP contribution is -2.51. The summed E-state index contributed by atoms with van der Waals surface area (Å²) in [5.41, 5.74) is 2.10. The van der Waals surface area contributed by atoms with Crippen LogP contribution in [0.2, 0.25) is 0 Å². The van der Waals surface area contributed by atoms with Gasteiger partial charge in [-0.15, -0.1) is 0 Å². The van der Waals surface area contributed by atoms with Crippen LogP contribution in [-0.4, -0.2) is 56.3 Å². The molecule has 0 atom stereocenters. The van der Waals surface area contributed by atoms with Gasteiger partial charge >= 0.3 is 0 Å². The smallest absolute Gasteiger partial charge is 0.243 e. The van der Waals surface area contributed by atoms with E-state index in [1.807, 2.05) is 24.3 Å². The van der Waals surface area contributed by atoms with Crippen LogP contribution < -0.4 is 5.32 Å². The standard InChI is InChI=1S/C21H26FN3O3S/c1-16(2)17-6-8-19(9-7-17)23-15-21(26)24-10-12-25(13-11-24)29(27,28)20-5-3-4-18(22)14-20/h3-9,14,16,23H,10-13,15H2,1-2H3. The molecule has 0 unspecified atom stereocenters. The van der Waals surface area contributed by atoms with Crippen LogP contribution in [0.3, 0.4) is 0 Å². The first-order chi connectivity index (χ1) is 13.8. The third-order valence-electron chi connectivity index (χ3n) is 5.05. The molecule has 1 aliphatic rings. The summed E-state index contributed by atoms with van der Waals surface area (Å²) in [5, 5.41) is 3.12. The van der Waals surface area contributed by atoms with Gasteiger partial charge in [-0.25, -0.2) is 12.8 Å². The molecule has 2 aromatic rings. The summed E-state index contributed by atoms with van der Waals surface area (Å²) in [5.74, 6) is -0.223. The molecule has 0 radical (unpaired) electrons. The maximum Gasteiger partial charge on any atom is 0.243 e. The Morgan fingerprint density at radius 1 is 1.07 bits per heavy atom. The van der Waals surface area contributed by atoms with Crippen LogP contribution in [0.1, 0.15) is 25.3 Å². The van der Waals surface area contributed by atoms with Gasteiger partial charge in [-0.2, -0.15) is 4.31 Å². The molecule has 29 heavy (non-hydrogen) atoms. The van der Waals surface area contributed by atoms with E-state index < -0.39 is 15.8 Å². The van der Waals surface area contributed by atoms with Crippen molar-refractivity contribution in [2.45, 2.75) is 24.7 Å². The summed E-state index contributed by atoms with van der Waals surface area (Å²) in [4.78, 5) is 14.0. The Balaban J connectivity index is 1.53. The van der Waals surface area contributed by atoms with Gasteiger partial charge in [0, 0.05) is 31.9 Å². The van der Waals surface area contributed by atoms with Crippen LogP contribution in [0.25, 0.3) is 0 Å². The maximum absolute atomic E-state index is 13.4. The SMILES string of the molecule is CC(C)c1ccc(NCC(=O)N2CCN(S(=O)(=O)c3cccc(F)c3)CC2)cc1. The molecule has 1 aliphatic heterocycles. The number of carbonyl (C=O) groups is 1. The minimum atomic E-state index is -3.76. The Bertz CT molecular complexity index is 953. The number of rotatable bonds is 6. The Kier molecular flexibility index (Phi) is 6.54. The van der Waals surface area contributed by atoms with Gasteiger partial charge in [0.1, 0.15) is 5.82 Å². The molecular weight excluding hydrogens is 393 g/mol. The number of piperazine rings is 1. The molecular formula is C21H26FN3O3S. The Morgan fingerprint density at radius 3 is 2.31 bits per heavy atom. The molecule has 0 saturated carbocycles. The molecule has 1 N–H and O–H groups in total. The molecule has 0 aliphatic carbocycles. The highest BCUT2D eigenvalue weighted by atomic mass is 32.2. The highest BCUT2D eigenvalue weighted by molar-refractivity contribution is 7.89. The van der Waals surface area contributed by atoms with Gasteiger partial charge in [-0.05, 0) is 41.8 Å². The van der Waals surface area contributed by atoms with E-state index in [-0.39, 0.29) is 30.4 Å². The first kappa shape index (κ1) is 21.3. The van der Waals surface area contributed by atoms with E-state index in [0.29, 0.717) is 19.0 Å². The fourth-order valence-electron chi connectivity index (χ4n) is 3.23. The third-order valence-corrected chi connectivity index (χ3v) is 6.94. The Morgan fingerprint density at radius 2 is 1.72 bits per heavy atom. The lowest BCUT2D eigenvalue weighted by molar-refractivity contribution is -0.130. The van der Waals surface area contributed by atoms with E-state index in [0.717, 1.165) is 11.8 Å². The molecule has 1 amide bonds. The number of carbonyl (C=O) groups excluding carboxylic acids is 1. The average molecular weight is 420 g/mol. The topological polar surface area (TPSA) is 69.7 Å². The number of hydrogen-bond donors (Lipinski definition) is 1. The van der Waals surface area contributed by atoms with Crippen LogP contribution in [-0.2, 0) is 14.8 Å². The van der Waals surface area contributed by atoms with Crippen molar-refractivity contribution in [2.75, 3.05) is 38.0 Å². The number of nitrogens with one attached hydrogen (secondary N) is 1. The van der Waals surface area contributed by atoms with Crippen molar-refractivity contribution < 1.29 is 17.6 Å². The Labute approximate surface area is 171 Å². The Hall–Kier alpha value is -2.45. The first-order valence-corrected chi connectivity index (χ1v) is 11.1. The predicted molar refractivity (Wildman–Crippen MR) is 111 cm³/mol. The van der Waals surface area contributed by atoms with Gasteiger partial charge in [0.15, 0.2) is 0 Å². The fourth-order valence-corrected chi connectivity index (χ4v) is 4.68. The van der Waals surface area contributed by atoms with E-state index in [1.165, 1.54) is 28.1 Å². The molecule has 156 valence electrons. The van der Waals surface area contributed by atoms with E-state index in [9.17, 15) is 17.6 Å². The van der Waals surface area contributed by atoms with E-state index in [4.69, 9.17) is 0 Å². The zero-order valence-corrected chi connectivity index (χ0v) is 17.5. The molecule has 0 aromatic heterocycles. The molecule has 6 nitrogen and oxygen atoms in total. The van der Waals surface area contributed by atoms with Crippen LogP contribution in [0, 0.1) is 5.82 Å². The number of hydrogen-bond acceptors (Lipinski definition) is 4. The van der Waals surface area contributed by atoms with Crippen molar-refractivity contribution in [2.24, 2.45) is 0 Å². The summed E-state index contributed by atoms with van der Waals surface area (Å²) in [6.07, 6.45) is 0. The second-order valence-electron chi connectivity index (χ2n) is 7.37. The monoisotopic (exact) mass is 419 g/mol. The van der Waals surface area contributed by atoms with Crippen molar-refractivity contribution in [3.63, 3.8) is 0 Å². The van der Waals surface area contributed by atoms with Crippen LogP contribution >= 0.6 is 0 Å². The van der Waals surface area contributed by atoms with Gasteiger partial charge in [0.2, 0.25) is 15.9 Å². The number of benzene rings is 2. The summed E-state index contributed by atoms with van der Waals surface area (Å²) in [6.45, 7) is 5.39. The molecule has 3 rings (SSSR count). The molecule has 2 aromatic carbocycles. The molecule has 1 heterocycles. The third kappa shape index (κ3) is 5.13. The fraction of sp³-hybridized carbons (Fsp3) is 0.381. The number of halogens is 1. The zero-order chi connectivity index (χ0) is 21.0. The normalized spacial score (nSPS) is 15.5. The molecule has 8 heteroatoms. The molecule has 1 fully saturated rings.